The molecule has 96 valence electrons. The van der Waals surface area contributed by atoms with E-state index >= 15 is 0 Å². The normalized spacial score (nSPS) is 22.2. The molecule has 0 bridgehead atoms. The van der Waals surface area contributed by atoms with Crippen LogP contribution in [0.15, 0.2) is 54.6 Å². The number of aromatic nitrogens is 1. The highest BCUT2D eigenvalue weighted by Crippen LogP contribution is 2.49. The van der Waals surface area contributed by atoms with Gasteiger partial charge in [-0.1, -0.05) is 48.6 Å². The first kappa shape index (κ1) is 10.3. The van der Waals surface area contributed by atoms with E-state index in [0.717, 1.165) is 0 Å². The number of hydrogen-bond acceptors (Lipinski definition) is 1. The van der Waals surface area contributed by atoms with E-state index < -0.39 is 0 Å². The van der Waals surface area contributed by atoms with Gasteiger partial charge in [-0.05, 0) is 17.7 Å². The molecule has 20 heavy (non-hydrogen) atoms. The van der Waals surface area contributed by atoms with Crippen LogP contribution in [0.5, 0.6) is 0 Å². The summed E-state index contributed by atoms with van der Waals surface area (Å²) in [5.74, 6) is 0.437. The van der Waals surface area contributed by atoms with Gasteiger partial charge in [0.1, 0.15) is 0 Å². The maximum atomic E-state index is 3.67. The van der Waals surface area contributed by atoms with Gasteiger partial charge >= 0.3 is 0 Å². The van der Waals surface area contributed by atoms with Crippen LogP contribution in [0, 0.1) is 0 Å². The van der Waals surface area contributed by atoms with Crippen molar-refractivity contribution in [1.82, 2.24) is 4.98 Å². The smallest absolute Gasteiger partial charge is 0.0773 e. The topological polar surface area (TPSA) is 27.8 Å². The maximum absolute atomic E-state index is 3.67. The van der Waals surface area contributed by atoms with Crippen LogP contribution in [-0.2, 0) is 0 Å². The van der Waals surface area contributed by atoms with Crippen LogP contribution < -0.4 is 5.32 Å². The lowest BCUT2D eigenvalue weighted by Crippen LogP contribution is -2.14. The van der Waals surface area contributed by atoms with E-state index in [0.29, 0.717) is 12.0 Å². The molecule has 2 heteroatoms. The summed E-state index contributed by atoms with van der Waals surface area (Å²) in [7, 11) is 0. The molecule has 2 unspecified atom stereocenters. The molecule has 2 atom stereocenters. The third kappa shape index (κ3) is 1.19. The largest absolute Gasteiger partial charge is 0.376 e. The molecule has 0 fully saturated rings. The predicted molar refractivity (Wildman–Crippen MR) is 82.9 cm³/mol. The van der Waals surface area contributed by atoms with Crippen LogP contribution in [-0.4, -0.2) is 4.98 Å². The lowest BCUT2D eigenvalue weighted by atomic mass is 9.86. The Bertz CT molecular complexity index is 857. The predicted octanol–water partition coefficient (Wildman–Crippen LogP) is 4.45. The number of fused-ring (bicyclic) bond motifs is 7. The highest BCUT2D eigenvalue weighted by Gasteiger charge is 2.35. The van der Waals surface area contributed by atoms with Crippen LogP contribution >= 0.6 is 0 Å². The number of benzene rings is 2. The van der Waals surface area contributed by atoms with Gasteiger partial charge in [0, 0.05) is 33.8 Å². The highest BCUT2D eigenvalue weighted by atomic mass is 15.0. The number of para-hydroxylation sites is 2. The molecule has 1 aromatic heterocycles. The summed E-state index contributed by atoms with van der Waals surface area (Å²) in [6, 6.07) is 17.5. The van der Waals surface area contributed by atoms with Crippen molar-refractivity contribution in [3.05, 3.63) is 71.4 Å². The third-order valence-corrected chi connectivity index (χ3v) is 4.55. The standard InChI is InChI=1S/C18H14N2/c1-3-7-15-11(5-1)13-9-10-14-12-6-2-4-8-16(12)20-18(14)17(13)19-15/h1-10,13,17,19-20H. The van der Waals surface area contributed by atoms with Gasteiger partial charge in [-0.15, -0.1) is 0 Å². The van der Waals surface area contributed by atoms with Crippen molar-refractivity contribution in [2.45, 2.75) is 12.0 Å². The first-order chi connectivity index (χ1) is 9.92. The number of aromatic amines is 1. The van der Waals surface area contributed by atoms with Gasteiger partial charge in [-0.25, -0.2) is 0 Å². The fourth-order valence-corrected chi connectivity index (χ4v) is 3.63. The Morgan fingerprint density at radius 1 is 0.900 bits per heavy atom. The molecule has 1 aliphatic heterocycles. The minimum absolute atomic E-state index is 0.333. The van der Waals surface area contributed by atoms with Crippen molar-refractivity contribution in [3.8, 4) is 0 Å². The van der Waals surface area contributed by atoms with Gasteiger partial charge in [-0.3, -0.25) is 0 Å². The van der Waals surface area contributed by atoms with E-state index in [9.17, 15) is 0 Å². The van der Waals surface area contributed by atoms with Crippen LogP contribution in [0.2, 0.25) is 0 Å². The summed E-state index contributed by atoms with van der Waals surface area (Å²) in [6.07, 6.45) is 4.62. The Hall–Kier alpha value is -2.48. The van der Waals surface area contributed by atoms with Crippen molar-refractivity contribution in [3.63, 3.8) is 0 Å². The van der Waals surface area contributed by atoms with E-state index in [1.807, 2.05) is 0 Å². The number of nitrogens with one attached hydrogen (secondary N) is 2. The number of H-pyrrole nitrogens is 1. The zero-order chi connectivity index (χ0) is 13.1. The summed E-state index contributed by atoms with van der Waals surface area (Å²) in [6.45, 7) is 0. The van der Waals surface area contributed by atoms with E-state index in [-0.39, 0.29) is 0 Å². The molecule has 0 spiro atoms. The molecular formula is C18H14N2. The molecule has 2 heterocycles. The van der Waals surface area contributed by atoms with E-state index in [4.69, 9.17) is 0 Å². The Balaban J connectivity index is 1.75. The molecule has 2 aromatic carbocycles. The lowest BCUT2D eigenvalue weighted by molar-refractivity contribution is 0.709. The van der Waals surface area contributed by atoms with Crippen molar-refractivity contribution < 1.29 is 0 Å². The molecule has 2 nitrogen and oxygen atoms in total. The SMILES string of the molecule is C1=CC2c3ccccc3NC2c2[nH]c3ccccc3c21. The van der Waals surface area contributed by atoms with Crippen LogP contribution in [0.4, 0.5) is 5.69 Å². The summed E-state index contributed by atoms with van der Waals surface area (Å²) < 4.78 is 0. The molecule has 2 aliphatic rings. The second-order valence-corrected chi connectivity index (χ2v) is 5.59. The molecule has 1 aliphatic carbocycles. The molecule has 0 radical (unpaired) electrons. The van der Waals surface area contributed by atoms with Gasteiger partial charge in [0.2, 0.25) is 0 Å². The average Bonchev–Trinajstić information content (AvgIpc) is 3.05. The van der Waals surface area contributed by atoms with Crippen LogP contribution in [0.25, 0.3) is 17.0 Å². The molecular weight excluding hydrogens is 244 g/mol. The van der Waals surface area contributed by atoms with Gasteiger partial charge in [0.05, 0.1) is 6.04 Å². The van der Waals surface area contributed by atoms with Gasteiger partial charge in [-0.2, -0.15) is 0 Å². The third-order valence-electron chi connectivity index (χ3n) is 4.55. The fraction of sp³-hybridized carbons (Fsp3) is 0.111. The quantitative estimate of drug-likeness (QED) is 0.612. The second-order valence-electron chi connectivity index (χ2n) is 5.59. The monoisotopic (exact) mass is 258 g/mol. The second kappa shape index (κ2) is 3.54. The molecule has 3 aromatic rings. The minimum Gasteiger partial charge on any atom is -0.376 e. The lowest BCUT2D eigenvalue weighted by Gasteiger charge is -2.21. The zero-order valence-corrected chi connectivity index (χ0v) is 10.9. The Morgan fingerprint density at radius 3 is 2.75 bits per heavy atom. The zero-order valence-electron chi connectivity index (χ0n) is 10.9. The molecule has 0 saturated carbocycles. The van der Waals surface area contributed by atoms with E-state index in [1.54, 1.807) is 0 Å². The fourth-order valence-electron chi connectivity index (χ4n) is 3.63. The van der Waals surface area contributed by atoms with Gasteiger partial charge in [0.15, 0.2) is 0 Å². The highest BCUT2D eigenvalue weighted by molar-refractivity contribution is 5.92. The average molecular weight is 258 g/mol. The number of anilines is 1. The van der Waals surface area contributed by atoms with E-state index in [2.05, 4.69) is 71.0 Å². The van der Waals surface area contributed by atoms with Gasteiger partial charge in [0.25, 0.3) is 0 Å². The summed E-state index contributed by atoms with van der Waals surface area (Å²) in [5, 5.41) is 4.99. The van der Waals surface area contributed by atoms with E-state index in [1.165, 1.54) is 33.4 Å². The number of rotatable bonds is 0. The Morgan fingerprint density at radius 2 is 1.75 bits per heavy atom. The van der Waals surface area contributed by atoms with Crippen LogP contribution in [0.3, 0.4) is 0 Å². The summed E-state index contributed by atoms with van der Waals surface area (Å²) in [5.41, 5.74) is 6.54. The molecule has 0 saturated heterocycles. The van der Waals surface area contributed by atoms with Crippen molar-refractivity contribution in [1.29, 1.82) is 0 Å². The van der Waals surface area contributed by atoms with Crippen LogP contribution in [0.1, 0.15) is 28.8 Å². The molecule has 5 rings (SSSR count). The maximum Gasteiger partial charge on any atom is 0.0773 e. The van der Waals surface area contributed by atoms with Crippen molar-refractivity contribution >= 4 is 22.7 Å². The Kier molecular flexibility index (Phi) is 1.83. The Labute approximate surface area is 117 Å². The first-order valence-electron chi connectivity index (χ1n) is 7.06. The van der Waals surface area contributed by atoms with Crippen molar-refractivity contribution in [2.75, 3.05) is 5.32 Å². The first-order valence-corrected chi connectivity index (χ1v) is 7.06. The minimum atomic E-state index is 0.333. The molecule has 2 N–H and O–H groups in total. The summed E-state index contributed by atoms with van der Waals surface area (Å²) >= 11 is 0. The number of hydrogen-bond donors (Lipinski definition) is 2. The molecule has 0 amide bonds. The van der Waals surface area contributed by atoms with Gasteiger partial charge < -0.3 is 10.3 Å². The van der Waals surface area contributed by atoms with Crippen molar-refractivity contribution in [2.24, 2.45) is 0 Å². The summed E-state index contributed by atoms with van der Waals surface area (Å²) in [4.78, 5) is 3.61.